The second kappa shape index (κ2) is 11.7. The maximum absolute atomic E-state index is 13.2. The zero-order valence-electron chi connectivity index (χ0n) is 20.5. The Hall–Kier alpha value is -3.89. The third-order valence-electron chi connectivity index (χ3n) is 6.97. The van der Waals surface area contributed by atoms with Crippen molar-refractivity contribution in [2.75, 3.05) is 25.0 Å². The number of hydrogen-bond donors (Lipinski definition) is 2. The number of benzene rings is 4. The Kier molecular flexibility index (Phi) is 7.74. The second-order valence-electron chi connectivity index (χ2n) is 9.46. The Morgan fingerprint density at radius 2 is 1.36 bits per heavy atom. The van der Waals surface area contributed by atoms with Gasteiger partial charge in [0, 0.05) is 30.7 Å². The molecule has 4 aromatic rings. The molecule has 182 valence electrons. The fraction of sp³-hybridized carbons (Fsp3) is 0.219. The standard InChI is InChI=1S/C32H33N3O/c36-32(30-18-10-11-19-31(30)33-27-16-8-3-9-17-27)34-28-20-22-35(24-28)23-21-29(25-12-4-1-5-13-25)26-14-6-2-7-15-26/h1-19,28-29,33H,20-24H2,(H,34,36). The number of carbonyl (C=O) groups is 1. The summed E-state index contributed by atoms with van der Waals surface area (Å²) < 4.78 is 0. The highest BCUT2D eigenvalue weighted by atomic mass is 16.1. The Labute approximate surface area is 214 Å². The molecule has 2 N–H and O–H groups in total. The van der Waals surface area contributed by atoms with Gasteiger partial charge >= 0.3 is 0 Å². The minimum Gasteiger partial charge on any atom is -0.355 e. The molecule has 1 amide bonds. The SMILES string of the molecule is O=C(NC1CCN(CCC(c2ccccc2)c2ccccc2)C1)c1ccccc1Nc1ccccc1. The van der Waals surface area contributed by atoms with Crippen LogP contribution in [-0.2, 0) is 0 Å². The lowest BCUT2D eigenvalue weighted by atomic mass is 9.88. The molecule has 0 aliphatic carbocycles. The van der Waals surface area contributed by atoms with Crippen molar-refractivity contribution in [3.8, 4) is 0 Å². The molecule has 0 bridgehead atoms. The van der Waals surface area contributed by atoms with Crippen molar-refractivity contribution < 1.29 is 4.79 Å². The van der Waals surface area contributed by atoms with E-state index in [0.717, 1.165) is 43.9 Å². The first-order chi connectivity index (χ1) is 17.8. The Bertz CT molecular complexity index is 1200. The summed E-state index contributed by atoms with van der Waals surface area (Å²) in [6.07, 6.45) is 2.03. The third kappa shape index (κ3) is 6.02. The summed E-state index contributed by atoms with van der Waals surface area (Å²) in [5, 5.41) is 6.66. The maximum Gasteiger partial charge on any atom is 0.253 e. The van der Waals surface area contributed by atoms with Gasteiger partial charge < -0.3 is 15.5 Å². The lowest BCUT2D eigenvalue weighted by Gasteiger charge is -2.22. The second-order valence-corrected chi connectivity index (χ2v) is 9.46. The van der Waals surface area contributed by atoms with Crippen LogP contribution < -0.4 is 10.6 Å². The Morgan fingerprint density at radius 1 is 0.778 bits per heavy atom. The predicted molar refractivity (Wildman–Crippen MR) is 148 cm³/mol. The fourth-order valence-corrected chi connectivity index (χ4v) is 5.09. The molecular formula is C32H33N3O. The van der Waals surface area contributed by atoms with Crippen LogP contribution in [0, 0.1) is 0 Å². The number of rotatable bonds is 9. The molecule has 1 atom stereocenters. The van der Waals surface area contributed by atoms with Crippen LogP contribution >= 0.6 is 0 Å². The van der Waals surface area contributed by atoms with E-state index in [4.69, 9.17) is 0 Å². The van der Waals surface area contributed by atoms with Gasteiger partial charge in [0.25, 0.3) is 5.91 Å². The zero-order valence-corrected chi connectivity index (χ0v) is 20.5. The summed E-state index contributed by atoms with van der Waals surface area (Å²) in [4.78, 5) is 15.7. The summed E-state index contributed by atoms with van der Waals surface area (Å²) in [5.41, 5.74) is 5.18. The number of nitrogens with zero attached hydrogens (tertiary/aromatic N) is 1. The summed E-state index contributed by atoms with van der Waals surface area (Å²) >= 11 is 0. The van der Waals surface area contributed by atoms with Gasteiger partial charge in [-0.15, -0.1) is 0 Å². The number of para-hydroxylation sites is 2. The van der Waals surface area contributed by atoms with Crippen LogP contribution in [0.15, 0.2) is 115 Å². The highest BCUT2D eigenvalue weighted by Crippen LogP contribution is 2.29. The molecule has 1 aliphatic heterocycles. The van der Waals surface area contributed by atoms with Crippen molar-refractivity contribution >= 4 is 17.3 Å². The minimum atomic E-state index is -0.0210. The lowest BCUT2D eigenvalue weighted by molar-refractivity contribution is 0.0938. The van der Waals surface area contributed by atoms with Crippen molar-refractivity contribution in [2.24, 2.45) is 0 Å². The van der Waals surface area contributed by atoms with Crippen LogP contribution in [0.4, 0.5) is 11.4 Å². The van der Waals surface area contributed by atoms with E-state index in [1.54, 1.807) is 0 Å². The summed E-state index contributed by atoms with van der Waals surface area (Å²) in [6, 6.07) is 39.4. The molecule has 36 heavy (non-hydrogen) atoms. The fourth-order valence-electron chi connectivity index (χ4n) is 5.09. The molecule has 0 spiro atoms. The van der Waals surface area contributed by atoms with Crippen LogP contribution in [0.2, 0.25) is 0 Å². The lowest BCUT2D eigenvalue weighted by Crippen LogP contribution is -2.37. The average Bonchev–Trinajstić information content (AvgIpc) is 3.38. The number of carbonyl (C=O) groups excluding carboxylic acids is 1. The van der Waals surface area contributed by atoms with Gasteiger partial charge in [-0.25, -0.2) is 0 Å². The predicted octanol–water partition coefficient (Wildman–Crippen LogP) is 6.46. The van der Waals surface area contributed by atoms with E-state index in [9.17, 15) is 4.79 Å². The van der Waals surface area contributed by atoms with E-state index in [1.807, 2.05) is 54.6 Å². The molecule has 0 saturated carbocycles. The van der Waals surface area contributed by atoms with Crippen LogP contribution in [0.3, 0.4) is 0 Å². The van der Waals surface area contributed by atoms with Crippen LogP contribution in [0.1, 0.15) is 40.2 Å². The monoisotopic (exact) mass is 475 g/mol. The number of nitrogens with one attached hydrogen (secondary N) is 2. The van der Waals surface area contributed by atoms with Gasteiger partial charge in [-0.3, -0.25) is 4.79 Å². The molecule has 1 heterocycles. The molecule has 4 heteroatoms. The van der Waals surface area contributed by atoms with Crippen molar-refractivity contribution in [3.63, 3.8) is 0 Å². The van der Waals surface area contributed by atoms with Gasteiger partial charge in [0.1, 0.15) is 0 Å². The number of hydrogen-bond acceptors (Lipinski definition) is 3. The van der Waals surface area contributed by atoms with E-state index in [2.05, 4.69) is 76.2 Å². The number of likely N-dealkylation sites (tertiary alicyclic amines) is 1. The van der Waals surface area contributed by atoms with E-state index in [0.29, 0.717) is 11.5 Å². The average molecular weight is 476 g/mol. The van der Waals surface area contributed by atoms with E-state index in [1.165, 1.54) is 11.1 Å². The molecule has 0 aromatic heterocycles. The summed E-state index contributed by atoms with van der Waals surface area (Å²) in [6.45, 7) is 2.90. The first-order valence-corrected chi connectivity index (χ1v) is 12.8. The van der Waals surface area contributed by atoms with E-state index >= 15 is 0 Å². The molecule has 4 nitrogen and oxygen atoms in total. The molecule has 4 aromatic carbocycles. The first kappa shape index (κ1) is 23.8. The Balaban J connectivity index is 1.19. The summed E-state index contributed by atoms with van der Waals surface area (Å²) in [7, 11) is 0. The highest BCUT2D eigenvalue weighted by Gasteiger charge is 2.26. The largest absolute Gasteiger partial charge is 0.355 e. The first-order valence-electron chi connectivity index (χ1n) is 12.8. The number of amides is 1. The van der Waals surface area contributed by atoms with Gasteiger partial charge in [0.05, 0.1) is 11.3 Å². The smallest absolute Gasteiger partial charge is 0.253 e. The topological polar surface area (TPSA) is 44.4 Å². The van der Waals surface area contributed by atoms with Crippen LogP contribution in [0.5, 0.6) is 0 Å². The summed E-state index contributed by atoms with van der Waals surface area (Å²) in [5.74, 6) is 0.351. The van der Waals surface area contributed by atoms with Crippen molar-refractivity contribution in [3.05, 3.63) is 132 Å². The van der Waals surface area contributed by atoms with E-state index < -0.39 is 0 Å². The number of anilines is 2. The molecular weight excluding hydrogens is 442 g/mol. The van der Waals surface area contributed by atoms with Crippen molar-refractivity contribution in [2.45, 2.75) is 24.8 Å². The molecule has 1 aliphatic rings. The molecule has 1 unspecified atom stereocenters. The van der Waals surface area contributed by atoms with Crippen molar-refractivity contribution in [1.29, 1.82) is 0 Å². The molecule has 1 saturated heterocycles. The third-order valence-corrected chi connectivity index (χ3v) is 6.97. The van der Waals surface area contributed by atoms with Gasteiger partial charge in [0.2, 0.25) is 0 Å². The Morgan fingerprint density at radius 3 is 2.03 bits per heavy atom. The van der Waals surface area contributed by atoms with Crippen LogP contribution in [0.25, 0.3) is 0 Å². The maximum atomic E-state index is 13.2. The van der Waals surface area contributed by atoms with Gasteiger partial charge in [-0.05, 0) is 54.8 Å². The molecule has 5 rings (SSSR count). The van der Waals surface area contributed by atoms with Gasteiger partial charge in [-0.2, -0.15) is 0 Å². The van der Waals surface area contributed by atoms with Crippen molar-refractivity contribution in [1.82, 2.24) is 10.2 Å². The quantitative estimate of drug-likeness (QED) is 0.292. The van der Waals surface area contributed by atoms with Crippen LogP contribution in [-0.4, -0.2) is 36.5 Å². The zero-order chi connectivity index (χ0) is 24.6. The molecule has 0 radical (unpaired) electrons. The minimum absolute atomic E-state index is 0.0210. The highest BCUT2D eigenvalue weighted by molar-refractivity contribution is 6.00. The normalized spacial score (nSPS) is 15.6. The van der Waals surface area contributed by atoms with Gasteiger partial charge in [0.15, 0.2) is 0 Å². The molecule has 1 fully saturated rings. The van der Waals surface area contributed by atoms with E-state index in [-0.39, 0.29) is 11.9 Å². The van der Waals surface area contributed by atoms with Gasteiger partial charge in [-0.1, -0.05) is 91.0 Å².